The summed E-state index contributed by atoms with van der Waals surface area (Å²) < 4.78 is 8.82. The van der Waals surface area contributed by atoms with Gasteiger partial charge in [-0.05, 0) is 76.1 Å². The number of amides is 1. The van der Waals surface area contributed by atoms with Crippen molar-refractivity contribution in [3.05, 3.63) is 63.8 Å². The second kappa shape index (κ2) is 8.03. The Morgan fingerprint density at radius 3 is 2.61 bits per heavy atom. The molecule has 10 heteroatoms. The van der Waals surface area contributed by atoms with E-state index in [4.69, 9.17) is 16.3 Å². The summed E-state index contributed by atoms with van der Waals surface area (Å²) in [5.41, 5.74) is 2.50. The van der Waals surface area contributed by atoms with E-state index in [-0.39, 0.29) is 23.1 Å². The van der Waals surface area contributed by atoms with Crippen molar-refractivity contribution >= 4 is 29.0 Å². The van der Waals surface area contributed by atoms with Crippen LogP contribution in [0.5, 0.6) is 0 Å². The number of imidazole rings is 1. The van der Waals surface area contributed by atoms with Crippen LogP contribution in [0.15, 0.2) is 47.5 Å². The van der Waals surface area contributed by atoms with Gasteiger partial charge in [-0.2, -0.15) is 5.10 Å². The van der Waals surface area contributed by atoms with Gasteiger partial charge in [0.2, 0.25) is 0 Å². The third kappa shape index (κ3) is 4.11. The van der Waals surface area contributed by atoms with E-state index in [0.29, 0.717) is 34.4 Å². The summed E-state index contributed by atoms with van der Waals surface area (Å²) in [5, 5.41) is 4.84. The Kier molecular flexibility index (Phi) is 5.12. The van der Waals surface area contributed by atoms with Gasteiger partial charge in [0.25, 0.3) is 5.56 Å². The Morgan fingerprint density at radius 2 is 1.86 bits per heavy atom. The number of hydrogen-bond acceptors (Lipinski definition) is 6. The molecule has 36 heavy (non-hydrogen) atoms. The van der Waals surface area contributed by atoms with Crippen molar-refractivity contribution in [3.8, 4) is 11.4 Å². The Morgan fingerprint density at radius 1 is 1.08 bits per heavy atom. The zero-order chi connectivity index (χ0) is 25.2. The van der Waals surface area contributed by atoms with Crippen LogP contribution in [0.4, 0.5) is 4.79 Å². The number of halogens is 1. The highest BCUT2D eigenvalue weighted by molar-refractivity contribution is 6.29. The number of nitrogens with zero attached hydrogens (tertiary/aromatic N) is 6. The van der Waals surface area contributed by atoms with Gasteiger partial charge >= 0.3 is 6.09 Å². The normalized spacial score (nSPS) is 19.2. The molecule has 0 unspecified atom stereocenters. The maximum absolute atomic E-state index is 13.1. The fourth-order valence-electron chi connectivity index (χ4n) is 5.18. The van der Waals surface area contributed by atoms with Crippen LogP contribution < -0.4 is 5.56 Å². The first kappa shape index (κ1) is 23.0. The van der Waals surface area contributed by atoms with Crippen molar-refractivity contribution in [2.24, 2.45) is 0 Å². The van der Waals surface area contributed by atoms with Gasteiger partial charge in [-0.15, -0.1) is 0 Å². The predicted octanol–water partition coefficient (Wildman–Crippen LogP) is 4.70. The zero-order valence-electron chi connectivity index (χ0n) is 20.4. The molecule has 0 bridgehead atoms. The molecule has 5 heterocycles. The molecule has 2 aliphatic rings. The molecular formula is C26H27ClN6O3. The lowest BCUT2D eigenvalue weighted by atomic mass is 9.84. The molecule has 1 aliphatic heterocycles. The van der Waals surface area contributed by atoms with Crippen LogP contribution in [-0.2, 0) is 4.74 Å². The van der Waals surface area contributed by atoms with E-state index in [2.05, 4.69) is 15.1 Å². The van der Waals surface area contributed by atoms with E-state index < -0.39 is 5.60 Å². The lowest BCUT2D eigenvalue weighted by Crippen LogP contribution is -2.49. The molecule has 0 N–H and O–H groups in total. The van der Waals surface area contributed by atoms with Crippen molar-refractivity contribution in [2.75, 3.05) is 6.54 Å². The molecular weight excluding hydrogens is 480 g/mol. The quantitative estimate of drug-likeness (QED) is 0.391. The number of likely N-dealkylation sites (tertiary alicyclic amines) is 1. The van der Waals surface area contributed by atoms with Gasteiger partial charge in [0.1, 0.15) is 22.1 Å². The maximum Gasteiger partial charge on any atom is 0.410 e. The molecule has 186 valence electrons. The van der Waals surface area contributed by atoms with Crippen LogP contribution in [0, 0.1) is 0 Å². The van der Waals surface area contributed by atoms with Gasteiger partial charge in [0.05, 0.1) is 11.9 Å². The van der Waals surface area contributed by atoms with Crippen molar-refractivity contribution in [3.63, 3.8) is 0 Å². The summed E-state index contributed by atoms with van der Waals surface area (Å²) in [7, 11) is 0. The fourth-order valence-corrected chi connectivity index (χ4v) is 5.36. The number of hydrogen-bond donors (Lipinski definition) is 0. The first-order valence-electron chi connectivity index (χ1n) is 12.2. The van der Waals surface area contributed by atoms with E-state index in [1.165, 1.54) is 6.07 Å². The first-order chi connectivity index (χ1) is 17.1. The molecule has 1 aliphatic carbocycles. The molecule has 9 nitrogen and oxygen atoms in total. The monoisotopic (exact) mass is 506 g/mol. The Hall–Kier alpha value is -3.46. The van der Waals surface area contributed by atoms with Crippen molar-refractivity contribution in [2.45, 2.75) is 63.5 Å². The van der Waals surface area contributed by atoms with Crippen LogP contribution in [0.2, 0.25) is 5.15 Å². The lowest BCUT2D eigenvalue weighted by molar-refractivity contribution is 0.00371. The van der Waals surface area contributed by atoms with Crippen molar-refractivity contribution in [1.82, 2.24) is 28.9 Å². The molecule has 1 atom stereocenters. The smallest absolute Gasteiger partial charge is 0.410 e. The Balaban J connectivity index is 1.27. The first-order valence-corrected chi connectivity index (χ1v) is 12.5. The highest BCUT2D eigenvalue weighted by Crippen LogP contribution is 2.52. The van der Waals surface area contributed by atoms with Crippen molar-refractivity contribution < 1.29 is 9.53 Å². The van der Waals surface area contributed by atoms with Gasteiger partial charge in [-0.25, -0.2) is 19.3 Å². The average Bonchev–Trinajstić information content (AvgIpc) is 3.46. The summed E-state index contributed by atoms with van der Waals surface area (Å²) in [6.45, 7) is 6.33. The van der Waals surface area contributed by atoms with Crippen LogP contribution in [-0.4, -0.2) is 52.7 Å². The summed E-state index contributed by atoms with van der Waals surface area (Å²) in [4.78, 5) is 36.6. The second-order valence-corrected chi connectivity index (χ2v) is 11.2. The second-order valence-electron chi connectivity index (χ2n) is 10.8. The maximum atomic E-state index is 13.1. The molecule has 0 radical (unpaired) electrons. The van der Waals surface area contributed by atoms with Gasteiger partial charge in [0.15, 0.2) is 5.65 Å². The van der Waals surface area contributed by atoms with E-state index in [1.807, 2.05) is 44.0 Å². The largest absolute Gasteiger partial charge is 0.444 e. The molecule has 4 aromatic heterocycles. The number of rotatable bonds is 2. The minimum atomic E-state index is -0.511. The molecule has 1 saturated heterocycles. The third-order valence-electron chi connectivity index (χ3n) is 7.05. The van der Waals surface area contributed by atoms with Gasteiger partial charge < -0.3 is 9.64 Å². The van der Waals surface area contributed by atoms with Gasteiger partial charge in [-0.1, -0.05) is 17.7 Å². The highest BCUT2D eigenvalue weighted by Gasteiger charge is 2.54. The van der Waals surface area contributed by atoms with Crippen LogP contribution in [0.1, 0.15) is 57.9 Å². The molecule has 2 fully saturated rings. The summed E-state index contributed by atoms with van der Waals surface area (Å²) in [6.07, 6.45) is 6.95. The Bertz CT molecular complexity index is 1570. The third-order valence-corrected chi connectivity index (χ3v) is 7.23. The van der Waals surface area contributed by atoms with Crippen LogP contribution in [0.3, 0.4) is 0 Å². The van der Waals surface area contributed by atoms with Gasteiger partial charge in [0, 0.05) is 24.3 Å². The van der Waals surface area contributed by atoms with Crippen LogP contribution in [0.25, 0.3) is 22.7 Å². The minimum absolute atomic E-state index is 0.131. The Labute approximate surface area is 212 Å². The zero-order valence-corrected chi connectivity index (χ0v) is 21.2. The topological polar surface area (TPSA) is 94.1 Å². The molecule has 4 aromatic rings. The molecule has 0 aromatic carbocycles. The summed E-state index contributed by atoms with van der Waals surface area (Å²) in [6, 6.07) is 8.99. The number of piperidine rings is 1. The van der Waals surface area contributed by atoms with E-state index >= 15 is 0 Å². The van der Waals surface area contributed by atoms with Gasteiger partial charge in [-0.3, -0.25) is 9.20 Å². The standard InChI is InChI=1S/C26H27ClN6O3/c1-25(2,3)36-24(35)32-11-8-16(13-26(32)9-10-26)17-4-6-21-28-19(12-23(34)31(21)14-17)18-5-7-22-29-20(27)15-33(22)30-18/h4-7,12,14-16H,8-11,13H2,1-3H3/t16-/m1/s1. The van der Waals surface area contributed by atoms with E-state index in [0.717, 1.165) is 31.2 Å². The van der Waals surface area contributed by atoms with Crippen LogP contribution >= 0.6 is 11.6 Å². The molecule has 1 spiro atoms. The number of carbonyl (C=O) groups is 1. The number of pyridine rings is 1. The fraction of sp³-hybridized carbons (Fsp3) is 0.423. The highest BCUT2D eigenvalue weighted by atomic mass is 35.5. The van der Waals surface area contributed by atoms with E-state index in [9.17, 15) is 9.59 Å². The lowest BCUT2D eigenvalue weighted by Gasteiger charge is -2.40. The average molecular weight is 507 g/mol. The number of carbonyl (C=O) groups excluding carboxylic acids is 1. The van der Waals surface area contributed by atoms with Crippen molar-refractivity contribution in [1.29, 1.82) is 0 Å². The minimum Gasteiger partial charge on any atom is -0.444 e. The number of aromatic nitrogens is 5. The summed E-state index contributed by atoms with van der Waals surface area (Å²) >= 11 is 5.97. The number of ether oxygens (including phenoxy) is 1. The molecule has 1 amide bonds. The number of fused-ring (bicyclic) bond motifs is 2. The molecule has 1 saturated carbocycles. The SMILES string of the molecule is CC(C)(C)OC(=O)N1CC[C@@H](c2ccc3nc(-c4ccc5nc(Cl)cn5n4)cc(=O)n3c2)CC12CC2. The summed E-state index contributed by atoms with van der Waals surface area (Å²) in [5.74, 6) is 0.261. The predicted molar refractivity (Wildman–Crippen MR) is 135 cm³/mol. The van der Waals surface area contributed by atoms with E-state index in [1.54, 1.807) is 27.2 Å². The molecule has 6 rings (SSSR count).